The third kappa shape index (κ3) is 7.81. The van der Waals surface area contributed by atoms with Gasteiger partial charge >= 0.3 is 29.6 Å². The standard InChI is InChI=1S/C27H33FN2O5S.Na/c1-17(2)25-27(36(34,35)24-11-5-18(3)6-12-24)29-26(20-7-9-21(28)10-8-20)30(25)14-13-22(32)16-23(33)15-19(4)31;/h5-12,17,22-23,32-33H,13-16H2,1-4H3;/q;+1/t22-,23+;/m1./s1. The second-order valence-corrected chi connectivity index (χ2v) is 11.4. The fourth-order valence-corrected chi connectivity index (χ4v) is 5.75. The Morgan fingerprint density at radius 2 is 1.62 bits per heavy atom. The van der Waals surface area contributed by atoms with Crippen LogP contribution in [0.2, 0.25) is 0 Å². The van der Waals surface area contributed by atoms with Gasteiger partial charge in [-0.25, -0.2) is 17.8 Å². The molecule has 7 nitrogen and oxygen atoms in total. The number of aliphatic hydroxyl groups is 2. The van der Waals surface area contributed by atoms with Gasteiger partial charge in [0.1, 0.15) is 17.4 Å². The predicted octanol–water partition coefficient (Wildman–Crippen LogP) is 1.44. The Balaban J connectivity index is 0.00000481. The zero-order valence-electron chi connectivity index (χ0n) is 22.0. The van der Waals surface area contributed by atoms with E-state index in [0.717, 1.165) is 5.56 Å². The molecule has 0 saturated heterocycles. The molecule has 2 aromatic carbocycles. The monoisotopic (exact) mass is 539 g/mol. The first-order chi connectivity index (χ1) is 16.9. The predicted molar refractivity (Wildman–Crippen MR) is 135 cm³/mol. The normalized spacial score (nSPS) is 13.3. The quantitative estimate of drug-likeness (QED) is 0.357. The molecule has 0 saturated carbocycles. The second kappa shape index (κ2) is 13.3. The SMILES string of the molecule is CC(=O)C[C@H](O)C[C@H](O)CCn1c(-c2ccc(F)cc2)nc(S(=O)(=O)c2ccc(C)cc2)c1C(C)C.[Na+]. The van der Waals surface area contributed by atoms with Crippen molar-refractivity contribution in [2.75, 3.05) is 0 Å². The summed E-state index contributed by atoms with van der Waals surface area (Å²) in [7, 11) is -3.97. The molecular weight excluding hydrogens is 506 g/mol. The van der Waals surface area contributed by atoms with Crippen molar-refractivity contribution < 1.29 is 57.4 Å². The molecule has 10 heteroatoms. The van der Waals surface area contributed by atoms with Crippen LogP contribution in [-0.4, -0.2) is 46.2 Å². The first kappa shape index (κ1) is 31.3. The van der Waals surface area contributed by atoms with Crippen molar-refractivity contribution in [1.29, 1.82) is 0 Å². The summed E-state index contributed by atoms with van der Waals surface area (Å²) < 4.78 is 42.7. The van der Waals surface area contributed by atoms with Crippen LogP contribution >= 0.6 is 0 Å². The molecule has 2 N–H and O–H groups in total. The van der Waals surface area contributed by atoms with E-state index in [1.54, 1.807) is 28.8 Å². The molecule has 2 atom stereocenters. The Morgan fingerprint density at radius 1 is 1.03 bits per heavy atom. The molecule has 0 aliphatic heterocycles. The van der Waals surface area contributed by atoms with Gasteiger partial charge in [0.15, 0.2) is 5.03 Å². The number of imidazole rings is 1. The van der Waals surface area contributed by atoms with Crippen molar-refractivity contribution in [3.8, 4) is 11.4 Å². The fourth-order valence-electron chi connectivity index (χ4n) is 4.20. The minimum absolute atomic E-state index is 0. The Hall–Kier alpha value is -1.88. The molecular formula is C27H33FN2NaO5S+. The average Bonchev–Trinajstić information content (AvgIpc) is 3.18. The number of benzene rings is 2. The summed E-state index contributed by atoms with van der Waals surface area (Å²) in [5.74, 6) is -0.484. The number of aryl methyl sites for hydroxylation is 1. The molecule has 194 valence electrons. The largest absolute Gasteiger partial charge is 1.00 e. The van der Waals surface area contributed by atoms with E-state index < -0.39 is 27.9 Å². The average molecular weight is 540 g/mol. The van der Waals surface area contributed by atoms with Crippen LogP contribution in [0.25, 0.3) is 11.4 Å². The Kier molecular flexibility index (Phi) is 11.2. The number of ketones is 1. The molecule has 1 aromatic heterocycles. The summed E-state index contributed by atoms with van der Waals surface area (Å²) in [5.41, 5.74) is 1.94. The smallest absolute Gasteiger partial charge is 0.393 e. The van der Waals surface area contributed by atoms with Gasteiger partial charge in [0.25, 0.3) is 0 Å². The van der Waals surface area contributed by atoms with E-state index >= 15 is 0 Å². The van der Waals surface area contributed by atoms with Crippen LogP contribution in [0.15, 0.2) is 58.5 Å². The molecule has 0 amide bonds. The molecule has 37 heavy (non-hydrogen) atoms. The van der Waals surface area contributed by atoms with Crippen LogP contribution in [0, 0.1) is 12.7 Å². The number of aromatic nitrogens is 2. The van der Waals surface area contributed by atoms with Gasteiger partial charge < -0.3 is 14.8 Å². The van der Waals surface area contributed by atoms with E-state index in [4.69, 9.17) is 0 Å². The fraction of sp³-hybridized carbons (Fsp3) is 0.407. The minimum atomic E-state index is -3.97. The van der Waals surface area contributed by atoms with Crippen molar-refractivity contribution in [3.05, 3.63) is 65.6 Å². The molecule has 0 aliphatic rings. The van der Waals surface area contributed by atoms with Gasteiger partial charge in [-0.3, -0.25) is 4.79 Å². The second-order valence-electron chi connectivity index (χ2n) is 9.49. The van der Waals surface area contributed by atoms with E-state index in [2.05, 4.69) is 4.98 Å². The first-order valence-electron chi connectivity index (χ1n) is 11.9. The molecule has 0 aliphatic carbocycles. The molecule has 1 heterocycles. The number of hydrogen-bond acceptors (Lipinski definition) is 6. The molecule has 0 radical (unpaired) electrons. The van der Waals surface area contributed by atoms with Crippen molar-refractivity contribution >= 4 is 15.6 Å². The number of Topliss-reactive ketones (excluding diaryl/α,β-unsaturated/α-hetero) is 1. The summed E-state index contributed by atoms with van der Waals surface area (Å²) in [6, 6.07) is 12.2. The zero-order valence-corrected chi connectivity index (χ0v) is 24.8. The number of aliphatic hydroxyl groups excluding tert-OH is 2. The van der Waals surface area contributed by atoms with Gasteiger partial charge in [0.2, 0.25) is 9.84 Å². The molecule has 3 aromatic rings. The maximum absolute atomic E-state index is 13.7. The molecule has 0 spiro atoms. The van der Waals surface area contributed by atoms with E-state index in [0.29, 0.717) is 17.1 Å². The maximum Gasteiger partial charge on any atom is 1.00 e. The van der Waals surface area contributed by atoms with Crippen LogP contribution < -0.4 is 29.6 Å². The Bertz CT molecular complexity index is 1310. The van der Waals surface area contributed by atoms with Crippen molar-refractivity contribution in [1.82, 2.24) is 9.55 Å². The van der Waals surface area contributed by atoms with Crippen molar-refractivity contribution in [2.45, 2.75) is 81.5 Å². The van der Waals surface area contributed by atoms with Crippen molar-refractivity contribution in [2.24, 2.45) is 0 Å². The van der Waals surface area contributed by atoms with E-state index in [1.807, 2.05) is 20.8 Å². The van der Waals surface area contributed by atoms with Crippen LogP contribution in [0.1, 0.15) is 57.2 Å². The first-order valence-corrected chi connectivity index (χ1v) is 13.4. The van der Waals surface area contributed by atoms with E-state index in [9.17, 15) is 27.8 Å². The third-order valence-electron chi connectivity index (χ3n) is 5.96. The van der Waals surface area contributed by atoms with Gasteiger partial charge in [0.05, 0.1) is 22.8 Å². The van der Waals surface area contributed by atoms with Gasteiger partial charge in [-0.05, 0) is 69.0 Å². The minimum Gasteiger partial charge on any atom is -0.393 e. The van der Waals surface area contributed by atoms with E-state index in [1.165, 1.54) is 31.2 Å². The van der Waals surface area contributed by atoms with Gasteiger partial charge in [-0.1, -0.05) is 31.5 Å². The summed E-state index contributed by atoms with van der Waals surface area (Å²) in [5, 5.41) is 20.5. The van der Waals surface area contributed by atoms with Gasteiger partial charge in [-0.2, -0.15) is 0 Å². The topological polar surface area (TPSA) is 109 Å². The number of sulfone groups is 1. The summed E-state index contributed by atoms with van der Waals surface area (Å²) in [6.45, 7) is 7.19. The number of carbonyl (C=O) groups is 1. The summed E-state index contributed by atoms with van der Waals surface area (Å²) >= 11 is 0. The third-order valence-corrected chi connectivity index (χ3v) is 7.66. The number of nitrogens with zero attached hydrogens (tertiary/aromatic N) is 2. The summed E-state index contributed by atoms with van der Waals surface area (Å²) in [4.78, 5) is 15.9. The maximum atomic E-state index is 13.7. The summed E-state index contributed by atoms with van der Waals surface area (Å²) in [6.07, 6.45) is -1.70. The van der Waals surface area contributed by atoms with Crippen LogP contribution in [-0.2, 0) is 21.2 Å². The van der Waals surface area contributed by atoms with Crippen LogP contribution in [0.4, 0.5) is 4.39 Å². The zero-order chi connectivity index (χ0) is 26.6. The van der Waals surface area contributed by atoms with Crippen LogP contribution in [0.3, 0.4) is 0 Å². The number of rotatable bonds is 11. The number of halogens is 1. The Labute approximate surface area is 240 Å². The number of hydrogen-bond donors (Lipinski definition) is 2. The van der Waals surface area contributed by atoms with Crippen molar-refractivity contribution in [3.63, 3.8) is 0 Å². The van der Waals surface area contributed by atoms with Gasteiger partial charge in [0, 0.05) is 18.5 Å². The van der Waals surface area contributed by atoms with E-state index in [-0.39, 0.29) is 77.0 Å². The molecule has 0 fully saturated rings. The molecule has 0 bridgehead atoms. The number of carbonyl (C=O) groups excluding carboxylic acids is 1. The Morgan fingerprint density at radius 3 is 2.16 bits per heavy atom. The molecule has 3 rings (SSSR count). The molecule has 0 unspecified atom stereocenters. The van der Waals surface area contributed by atoms with Gasteiger partial charge in [-0.15, -0.1) is 0 Å². The van der Waals surface area contributed by atoms with Crippen LogP contribution in [0.5, 0.6) is 0 Å².